The Balaban J connectivity index is 2.44. The first-order valence-electron chi connectivity index (χ1n) is 4.21. The van der Waals surface area contributed by atoms with E-state index < -0.39 is 0 Å². The van der Waals surface area contributed by atoms with Crippen molar-refractivity contribution in [2.24, 2.45) is 5.73 Å². The standard InChI is InChI=1S/C10H9FN2O/c11-9-4-2-1-3-8(9)10-13-6-7(5-12)14-10/h1-4,6H,5,12H2. The molecule has 0 bridgehead atoms. The summed E-state index contributed by atoms with van der Waals surface area (Å²) in [6.07, 6.45) is 1.50. The van der Waals surface area contributed by atoms with Gasteiger partial charge in [-0.05, 0) is 12.1 Å². The summed E-state index contributed by atoms with van der Waals surface area (Å²) in [5.41, 5.74) is 5.71. The molecule has 1 aromatic carbocycles. The van der Waals surface area contributed by atoms with Crippen molar-refractivity contribution in [3.63, 3.8) is 0 Å². The molecule has 0 amide bonds. The van der Waals surface area contributed by atoms with E-state index in [0.29, 0.717) is 11.3 Å². The van der Waals surface area contributed by atoms with E-state index in [9.17, 15) is 4.39 Å². The number of halogens is 1. The van der Waals surface area contributed by atoms with E-state index in [1.165, 1.54) is 12.3 Å². The van der Waals surface area contributed by atoms with Crippen LogP contribution in [-0.2, 0) is 6.54 Å². The minimum Gasteiger partial charge on any atom is -0.440 e. The number of nitrogens with zero attached hydrogens (tertiary/aromatic N) is 1. The zero-order valence-electron chi connectivity index (χ0n) is 7.40. The van der Waals surface area contributed by atoms with E-state index in [2.05, 4.69) is 4.98 Å². The van der Waals surface area contributed by atoms with Crippen LogP contribution in [0.15, 0.2) is 34.9 Å². The van der Waals surface area contributed by atoms with Gasteiger partial charge in [-0.15, -0.1) is 0 Å². The summed E-state index contributed by atoms with van der Waals surface area (Å²) >= 11 is 0. The Morgan fingerprint density at radius 3 is 2.79 bits per heavy atom. The molecule has 0 spiro atoms. The number of nitrogens with two attached hydrogens (primary N) is 1. The molecule has 0 saturated carbocycles. The first-order valence-corrected chi connectivity index (χ1v) is 4.21. The van der Waals surface area contributed by atoms with Crippen molar-refractivity contribution in [2.45, 2.75) is 6.54 Å². The molecule has 0 radical (unpaired) electrons. The molecule has 14 heavy (non-hydrogen) atoms. The second-order valence-corrected chi connectivity index (χ2v) is 2.82. The fourth-order valence-electron chi connectivity index (χ4n) is 1.16. The molecule has 0 unspecified atom stereocenters. The summed E-state index contributed by atoms with van der Waals surface area (Å²) in [5, 5.41) is 0. The Hall–Kier alpha value is -1.68. The summed E-state index contributed by atoms with van der Waals surface area (Å²) in [5.74, 6) is 0.463. The van der Waals surface area contributed by atoms with E-state index in [-0.39, 0.29) is 18.3 Å². The fourth-order valence-corrected chi connectivity index (χ4v) is 1.16. The first-order chi connectivity index (χ1) is 6.81. The highest BCUT2D eigenvalue weighted by Gasteiger charge is 2.09. The highest BCUT2D eigenvalue weighted by molar-refractivity contribution is 5.53. The van der Waals surface area contributed by atoms with Crippen LogP contribution in [0.5, 0.6) is 0 Å². The smallest absolute Gasteiger partial charge is 0.229 e. The maximum Gasteiger partial charge on any atom is 0.229 e. The maximum absolute atomic E-state index is 13.3. The average Bonchev–Trinajstić information content (AvgIpc) is 2.67. The SMILES string of the molecule is NCc1cnc(-c2ccccc2F)o1. The number of rotatable bonds is 2. The lowest BCUT2D eigenvalue weighted by atomic mass is 10.2. The largest absolute Gasteiger partial charge is 0.440 e. The molecule has 0 aliphatic rings. The summed E-state index contributed by atoms with van der Waals surface area (Å²) in [6.45, 7) is 0.265. The van der Waals surface area contributed by atoms with Gasteiger partial charge in [-0.3, -0.25) is 0 Å². The normalized spacial score (nSPS) is 10.4. The summed E-state index contributed by atoms with van der Waals surface area (Å²) in [4.78, 5) is 3.93. The fraction of sp³-hybridized carbons (Fsp3) is 0.100. The van der Waals surface area contributed by atoms with Crippen molar-refractivity contribution in [1.29, 1.82) is 0 Å². The third-order valence-corrected chi connectivity index (χ3v) is 1.86. The van der Waals surface area contributed by atoms with Crippen LogP contribution in [0.4, 0.5) is 4.39 Å². The van der Waals surface area contributed by atoms with Crippen LogP contribution in [0.3, 0.4) is 0 Å². The van der Waals surface area contributed by atoms with Crippen LogP contribution in [-0.4, -0.2) is 4.98 Å². The summed E-state index contributed by atoms with van der Waals surface area (Å²) in [7, 11) is 0. The van der Waals surface area contributed by atoms with Crippen molar-refractivity contribution in [1.82, 2.24) is 4.98 Å². The van der Waals surface area contributed by atoms with Gasteiger partial charge in [0.05, 0.1) is 18.3 Å². The van der Waals surface area contributed by atoms with Crippen LogP contribution >= 0.6 is 0 Å². The third kappa shape index (κ3) is 1.52. The van der Waals surface area contributed by atoms with E-state index in [0.717, 1.165) is 0 Å². The molecule has 1 heterocycles. The lowest BCUT2D eigenvalue weighted by molar-refractivity contribution is 0.515. The van der Waals surface area contributed by atoms with Crippen molar-refractivity contribution in [3.05, 3.63) is 42.0 Å². The van der Waals surface area contributed by atoms with E-state index in [1.54, 1.807) is 18.2 Å². The summed E-state index contributed by atoms with van der Waals surface area (Å²) < 4.78 is 18.5. The van der Waals surface area contributed by atoms with Crippen molar-refractivity contribution in [3.8, 4) is 11.5 Å². The topological polar surface area (TPSA) is 52.0 Å². The van der Waals surface area contributed by atoms with Gasteiger partial charge in [0.1, 0.15) is 11.6 Å². The van der Waals surface area contributed by atoms with Gasteiger partial charge in [-0.25, -0.2) is 9.37 Å². The molecule has 2 aromatic rings. The molecule has 2 N–H and O–H groups in total. The molecule has 0 fully saturated rings. The van der Waals surface area contributed by atoms with E-state index in [4.69, 9.17) is 10.2 Å². The van der Waals surface area contributed by atoms with Crippen LogP contribution in [0.25, 0.3) is 11.5 Å². The van der Waals surface area contributed by atoms with Crippen molar-refractivity contribution >= 4 is 0 Å². The number of benzene rings is 1. The van der Waals surface area contributed by atoms with Crippen LogP contribution in [0.1, 0.15) is 5.76 Å². The maximum atomic E-state index is 13.3. The van der Waals surface area contributed by atoms with Gasteiger partial charge in [0.2, 0.25) is 5.89 Å². The number of hydrogen-bond acceptors (Lipinski definition) is 3. The third-order valence-electron chi connectivity index (χ3n) is 1.86. The first kappa shape index (κ1) is 8.90. The molecule has 3 nitrogen and oxygen atoms in total. The minimum atomic E-state index is -0.349. The zero-order chi connectivity index (χ0) is 9.97. The number of oxazole rings is 1. The predicted molar refractivity (Wildman–Crippen MR) is 49.8 cm³/mol. The number of hydrogen-bond donors (Lipinski definition) is 1. The highest BCUT2D eigenvalue weighted by Crippen LogP contribution is 2.21. The molecular weight excluding hydrogens is 183 g/mol. The second-order valence-electron chi connectivity index (χ2n) is 2.82. The Kier molecular flexibility index (Phi) is 2.28. The molecule has 0 aliphatic carbocycles. The Bertz CT molecular complexity index is 439. The number of aromatic nitrogens is 1. The van der Waals surface area contributed by atoms with Crippen LogP contribution < -0.4 is 5.73 Å². The van der Waals surface area contributed by atoms with Gasteiger partial charge in [0.15, 0.2) is 0 Å². The lowest BCUT2D eigenvalue weighted by Gasteiger charge is -1.96. The average molecular weight is 192 g/mol. The quantitative estimate of drug-likeness (QED) is 0.791. The van der Waals surface area contributed by atoms with Crippen LogP contribution in [0, 0.1) is 5.82 Å². The molecule has 72 valence electrons. The predicted octanol–water partition coefficient (Wildman–Crippen LogP) is 1.94. The lowest BCUT2D eigenvalue weighted by Crippen LogP contribution is -1.92. The van der Waals surface area contributed by atoms with Gasteiger partial charge >= 0.3 is 0 Å². The summed E-state index contributed by atoms with van der Waals surface area (Å²) in [6, 6.07) is 6.32. The van der Waals surface area contributed by atoms with Crippen molar-refractivity contribution in [2.75, 3.05) is 0 Å². The van der Waals surface area contributed by atoms with Gasteiger partial charge in [-0.2, -0.15) is 0 Å². The molecule has 0 atom stereocenters. The molecule has 0 aliphatic heterocycles. The minimum absolute atomic E-state index is 0.265. The van der Waals surface area contributed by atoms with Gasteiger partial charge < -0.3 is 10.2 Å². The highest BCUT2D eigenvalue weighted by atomic mass is 19.1. The zero-order valence-corrected chi connectivity index (χ0v) is 7.40. The molecule has 1 aromatic heterocycles. The Morgan fingerprint density at radius 2 is 2.14 bits per heavy atom. The van der Waals surface area contributed by atoms with Crippen molar-refractivity contribution < 1.29 is 8.81 Å². The van der Waals surface area contributed by atoms with E-state index in [1.807, 2.05) is 0 Å². The van der Waals surface area contributed by atoms with Gasteiger partial charge in [0.25, 0.3) is 0 Å². The Labute approximate surface area is 80.4 Å². The Morgan fingerprint density at radius 1 is 1.36 bits per heavy atom. The molecule has 4 heteroatoms. The van der Waals surface area contributed by atoms with Gasteiger partial charge in [-0.1, -0.05) is 12.1 Å². The molecule has 0 saturated heterocycles. The monoisotopic (exact) mass is 192 g/mol. The van der Waals surface area contributed by atoms with Crippen LogP contribution in [0.2, 0.25) is 0 Å². The molecular formula is C10H9FN2O. The van der Waals surface area contributed by atoms with Gasteiger partial charge in [0, 0.05) is 0 Å². The van der Waals surface area contributed by atoms with E-state index >= 15 is 0 Å². The second kappa shape index (κ2) is 3.59. The molecule has 2 rings (SSSR count).